The van der Waals surface area contributed by atoms with Crippen molar-refractivity contribution in [3.63, 3.8) is 0 Å². The van der Waals surface area contributed by atoms with Crippen LogP contribution in [0.5, 0.6) is 0 Å². The van der Waals surface area contributed by atoms with Gasteiger partial charge in [0, 0.05) is 6.54 Å². The van der Waals surface area contributed by atoms with Gasteiger partial charge in [0.25, 0.3) is 0 Å². The van der Waals surface area contributed by atoms with Crippen LogP contribution in [0.15, 0.2) is 30.3 Å². The summed E-state index contributed by atoms with van der Waals surface area (Å²) >= 11 is 0. The van der Waals surface area contributed by atoms with E-state index in [0.717, 1.165) is 5.56 Å². The van der Waals surface area contributed by atoms with E-state index >= 15 is 0 Å². The second kappa shape index (κ2) is 10.2. The zero-order valence-corrected chi connectivity index (χ0v) is 22.5. The molecule has 2 fully saturated rings. The summed E-state index contributed by atoms with van der Waals surface area (Å²) in [5.74, 6) is -0.977. The van der Waals surface area contributed by atoms with E-state index < -0.39 is 51.2 Å². The quantitative estimate of drug-likeness (QED) is 0.557. The summed E-state index contributed by atoms with van der Waals surface area (Å²) in [4.78, 5) is 14.9. The van der Waals surface area contributed by atoms with Gasteiger partial charge in [-0.15, -0.1) is 0 Å². The number of ether oxygens (including phenoxy) is 3. The third kappa shape index (κ3) is 6.00. The molecule has 0 bridgehead atoms. The SMILES string of the molecule is CC1(C)O[C@H]([C@H]2[C@@H](O[Si](C)(C)C(C)(C)C)CCN2C(=O)OCc2ccccc2)[C@@H]([C@H](O)CO)O1. The minimum Gasteiger partial charge on any atom is -0.445 e. The first-order valence-corrected chi connectivity index (χ1v) is 15.0. The molecule has 8 nitrogen and oxygen atoms in total. The van der Waals surface area contributed by atoms with Crippen molar-refractivity contribution in [3.8, 4) is 0 Å². The summed E-state index contributed by atoms with van der Waals surface area (Å²) in [6.45, 7) is 14.5. The van der Waals surface area contributed by atoms with Crippen molar-refractivity contribution in [2.45, 2.75) is 102 Å². The first-order valence-electron chi connectivity index (χ1n) is 12.1. The molecule has 2 N–H and O–H groups in total. The summed E-state index contributed by atoms with van der Waals surface area (Å²) in [5.41, 5.74) is 0.899. The number of nitrogens with zero attached hydrogens (tertiary/aromatic N) is 1. The van der Waals surface area contributed by atoms with E-state index in [-0.39, 0.29) is 17.7 Å². The second-order valence-electron chi connectivity index (χ2n) is 11.2. The minimum atomic E-state index is -2.18. The fourth-order valence-electron chi connectivity index (χ4n) is 4.36. The van der Waals surface area contributed by atoms with Gasteiger partial charge in [-0.2, -0.15) is 0 Å². The lowest BCUT2D eigenvalue weighted by Gasteiger charge is -2.42. The first kappa shape index (κ1) is 27.1. The van der Waals surface area contributed by atoms with E-state index in [2.05, 4.69) is 33.9 Å². The van der Waals surface area contributed by atoms with Crippen LogP contribution >= 0.6 is 0 Å². The number of amides is 1. The predicted molar refractivity (Wildman–Crippen MR) is 131 cm³/mol. The highest BCUT2D eigenvalue weighted by atomic mass is 28.4. The molecule has 9 heteroatoms. The number of benzene rings is 1. The fraction of sp³-hybridized carbons (Fsp3) is 0.720. The van der Waals surface area contributed by atoms with Crippen LogP contribution in [0.4, 0.5) is 4.79 Å². The van der Waals surface area contributed by atoms with Crippen LogP contribution < -0.4 is 0 Å². The molecular formula is C25H41NO7Si. The van der Waals surface area contributed by atoms with Crippen LogP contribution in [0.3, 0.4) is 0 Å². The number of hydrogen-bond acceptors (Lipinski definition) is 7. The van der Waals surface area contributed by atoms with Crippen molar-refractivity contribution >= 4 is 14.4 Å². The van der Waals surface area contributed by atoms with Crippen LogP contribution in [0, 0.1) is 0 Å². The van der Waals surface area contributed by atoms with Crippen LogP contribution in [0.1, 0.15) is 46.6 Å². The zero-order valence-electron chi connectivity index (χ0n) is 21.5. The molecule has 0 aliphatic carbocycles. The van der Waals surface area contributed by atoms with Crippen molar-refractivity contribution in [1.29, 1.82) is 0 Å². The summed E-state index contributed by atoms with van der Waals surface area (Å²) in [7, 11) is -2.18. The van der Waals surface area contributed by atoms with E-state index in [4.69, 9.17) is 18.6 Å². The highest BCUT2D eigenvalue weighted by Gasteiger charge is 2.56. The Morgan fingerprint density at radius 2 is 1.88 bits per heavy atom. The predicted octanol–water partition coefficient (Wildman–Crippen LogP) is 3.66. The number of rotatable bonds is 7. The molecule has 192 valence electrons. The topological polar surface area (TPSA) is 97.7 Å². The molecule has 1 aromatic rings. The van der Waals surface area contributed by atoms with Gasteiger partial charge in [0.05, 0.1) is 18.8 Å². The van der Waals surface area contributed by atoms with Gasteiger partial charge in [-0.1, -0.05) is 51.1 Å². The Morgan fingerprint density at radius 1 is 1.24 bits per heavy atom. The van der Waals surface area contributed by atoms with Gasteiger partial charge in [-0.05, 0) is 44.0 Å². The van der Waals surface area contributed by atoms with Crippen molar-refractivity contribution < 1.29 is 33.6 Å². The van der Waals surface area contributed by atoms with Gasteiger partial charge >= 0.3 is 6.09 Å². The number of carbonyl (C=O) groups excluding carboxylic acids is 1. The molecule has 0 saturated carbocycles. The minimum absolute atomic E-state index is 0.0187. The van der Waals surface area contributed by atoms with Crippen LogP contribution in [0.25, 0.3) is 0 Å². The van der Waals surface area contributed by atoms with Crippen molar-refractivity contribution in [3.05, 3.63) is 35.9 Å². The van der Waals surface area contributed by atoms with Crippen molar-refractivity contribution in [2.24, 2.45) is 0 Å². The lowest BCUT2D eigenvalue weighted by atomic mass is 9.97. The Kier molecular flexibility index (Phi) is 8.16. The van der Waals surface area contributed by atoms with Gasteiger partial charge in [-0.25, -0.2) is 4.79 Å². The molecule has 2 saturated heterocycles. The Balaban J connectivity index is 1.88. The maximum atomic E-state index is 13.3. The van der Waals surface area contributed by atoms with Crippen molar-refractivity contribution in [2.75, 3.05) is 13.2 Å². The average Bonchev–Trinajstić information content (AvgIpc) is 3.30. The highest BCUT2D eigenvalue weighted by molar-refractivity contribution is 6.74. The molecule has 0 radical (unpaired) electrons. The Hall–Kier alpha value is -1.49. The maximum Gasteiger partial charge on any atom is 0.410 e. The van der Waals surface area contributed by atoms with Crippen LogP contribution in [0.2, 0.25) is 18.1 Å². The lowest BCUT2D eigenvalue weighted by molar-refractivity contribution is -0.160. The van der Waals surface area contributed by atoms with E-state index in [1.54, 1.807) is 18.7 Å². The molecule has 2 heterocycles. The third-order valence-corrected chi connectivity index (χ3v) is 11.7. The Morgan fingerprint density at radius 3 is 2.47 bits per heavy atom. The molecule has 0 aromatic heterocycles. The molecule has 34 heavy (non-hydrogen) atoms. The number of aliphatic hydroxyl groups is 2. The zero-order chi connectivity index (χ0) is 25.3. The Labute approximate surface area is 204 Å². The molecule has 0 spiro atoms. The average molecular weight is 496 g/mol. The molecular weight excluding hydrogens is 454 g/mol. The second-order valence-corrected chi connectivity index (χ2v) is 16.0. The molecule has 5 atom stereocenters. The summed E-state index contributed by atoms with van der Waals surface area (Å²) in [6, 6.07) is 9.00. The number of aliphatic hydroxyl groups excluding tert-OH is 2. The summed E-state index contributed by atoms with van der Waals surface area (Å²) in [6.07, 6.45) is -2.78. The molecule has 2 aliphatic rings. The fourth-order valence-corrected chi connectivity index (χ4v) is 5.73. The van der Waals surface area contributed by atoms with Gasteiger partial charge in [0.2, 0.25) is 0 Å². The molecule has 1 aromatic carbocycles. The maximum absolute atomic E-state index is 13.3. The van der Waals surface area contributed by atoms with E-state index in [9.17, 15) is 15.0 Å². The lowest BCUT2D eigenvalue weighted by Crippen LogP contribution is -2.56. The largest absolute Gasteiger partial charge is 0.445 e. The number of carbonyl (C=O) groups is 1. The van der Waals surface area contributed by atoms with Gasteiger partial charge in [0.1, 0.15) is 24.9 Å². The standard InChI is InChI=1S/C25H41NO7Si/c1-24(2,3)34(6,7)33-19-13-14-26(23(29)30-16-17-11-9-8-10-12-17)20(19)22-21(18(28)15-27)31-25(4,5)32-22/h8-12,18-22,27-28H,13-16H2,1-7H3/t18-,19+,20-,21-,22-/m1/s1. The summed E-state index contributed by atoms with van der Waals surface area (Å²) < 4.78 is 24.6. The third-order valence-electron chi connectivity index (χ3n) is 7.15. The van der Waals surface area contributed by atoms with Gasteiger partial charge < -0.3 is 28.8 Å². The Bertz CT molecular complexity index is 826. The summed E-state index contributed by atoms with van der Waals surface area (Å²) in [5, 5.41) is 20.2. The smallest absolute Gasteiger partial charge is 0.410 e. The van der Waals surface area contributed by atoms with Gasteiger partial charge in [-0.3, -0.25) is 4.90 Å². The van der Waals surface area contributed by atoms with Crippen molar-refractivity contribution in [1.82, 2.24) is 4.90 Å². The number of likely N-dealkylation sites (tertiary alicyclic amines) is 1. The molecule has 1 amide bonds. The first-order chi connectivity index (χ1) is 15.8. The van der Waals surface area contributed by atoms with E-state index in [1.165, 1.54) is 0 Å². The van der Waals surface area contributed by atoms with Crippen LogP contribution in [-0.2, 0) is 25.2 Å². The highest BCUT2D eigenvalue weighted by Crippen LogP contribution is 2.42. The number of hydrogen-bond donors (Lipinski definition) is 2. The monoisotopic (exact) mass is 495 g/mol. The molecule has 3 rings (SSSR count). The van der Waals surface area contributed by atoms with Gasteiger partial charge in [0.15, 0.2) is 14.1 Å². The molecule has 0 unspecified atom stereocenters. The van der Waals surface area contributed by atoms with E-state index in [0.29, 0.717) is 13.0 Å². The van der Waals surface area contributed by atoms with Crippen LogP contribution in [-0.4, -0.2) is 78.9 Å². The normalized spacial score (nSPS) is 28.2. The molecule has 2 aliphatic heterocycles. The van der Waals surface area contributed by atoms with E-state index in [1.807, 2.05) is 30.3 Å².